The van der Waals surface area contributed by atoms with Gasteiger partial charge >= 0.3 is 0 Å². The number of rotatable bonds is 2. The lowest BCUT2D eigenvalue weighted by Crippen LogP contribution is -2.23. The van der Waals surface area contributed by atoms with Gasteiger partial charge in [0, 0.05) is 44.0 Å². The second kappa shape index (κ2) is 4.43. The van der Waals surface area contributed by atoms with Crippen molar-refractivity contribution in [3.63, 3.8) is 0 Å². The quantitative estimate of drug-likeness (QED) is 0.845. The highest BCUT2D eigenvalue weighted by molar-refractivity contribution is 5.60. The lowest BCUT2D eigenvalue weighted by molar-refractivity contribution is 0.902. The molecule has 0 aromatic carbocycles. The Kier molecular flexibility index (Phi) is 2.79. The molecule has 2 saturated heterocycles. The Hall–Kier alpha value is -1.45. The maximum Gasteiger partial charge on any atom is 0.133 e. The van der Waals surface area contributed by atoms with Crippen LogP contribution in [0.3, 0.4) is 0 Å². The fraction of sp³-hybridized carbons (Fsp3) is 0.615. The van der Waals surface area contributed by atoms with Gasteiger partial charge in [-0.1, -0.05) is 0 Å². The van der Waals surface area contributed by atoms with Crippen molar-refractivity contribution >= 4 is 17.3 Å². The topological polar surface area (TPSA) is 45.4 Å². The minimum absolute atomic E-state index is 0.837. The predicted octanol–water partition coefficient (Wildman–Crippen LogP) is 1.86. The van der Waals surface area contributed by atoms with Crippen molar-refractivity contribution in [3.05, 3.63) is 12.1 Å². The zero-order chi connectivity index (χ0) is 11.7. The van der Waals surface area contributed by atoms with E-state index in [4.69, 9.17) is 10.7 Å². The number of anilines is 3. The molecule has 0 radical (unpaired) electrons. The lowest BCUT2D eigenvalue weighted by Gasteiger charge is -2.22. The van der Waals surface area contributed by atoms with Crippen LogP contribution in [0.25, 0.3) is 0 Å². The Morgan fingerprint density at radius 2 is 1.24 bits per heavy atom. The Morgan fingerprint density at radius 3 is 1.65 bits per heavy atom. The van der Waals surface area contributed by atoms with E-state index < -0.39 is 0 Å². The smallest absolute Gasteiger partial charge is 0.133 e. The number of pyridine rings is 1. The first kappa shape index (κ1) is 10.7. The third kappa shape index (κ3) is 2.16. The molecule has 2 aliphatic heterocycles. The van der Waals surface area contributed by atoms with Gasteiger partial charge < -0.3 is 15.5 Å². The molecular weight excluding hydrogens is 212 g/mol. The van der Waals surface area contributed by atoms with Gasteiger partial charge in [0.15, 0.2) is 0 Å². The highest BCUT2D eigenvalue weighted by Gasteiger charge is 2.18. The third-order valence-electron chi connectivity index (χ3n) is 3.68. The molecule has 1 aromatic heterocycles. The summed E-state index contributed by atoms with van der Waals surface area (Å²) in [7, 11) is 0. The Morgan fingerprint density at radius 1 is 0.824 bits per heavy atom. The summed E-state index contributed by atoms with van der Waals surface area (Å²) in [5, 5.41) is 0. The normalized spacial score (nSPS) is 20.2. The van der Waals surface area contributed by atoms with Gasteiger partial charge in [0.05, 0.1) is 0 Å². The summed E-state index contributed by atoms with van der Waals surface area (Å²) < 4.78 is 0. The van der Waals surface area contributed by atoms with E-state index in [-0.39, 0.29) is 0 Å². The van der Waals surface area contributed by atoms with Crippen molar-refractivity contribution in [3.8, 4) is 0 Å². The molecule has 4 heteroatoms. The van der Waals surface area contributed by atoms with Crippen molar-refractivity contribution in [1.29, 1.82) is 0 Å². The van der Waals surface area contributed by atoms with Gasteiger partial charge in [0.2, 0.25) is 0 Å². The van der Waals surface area contributed by atoms with Crippen molar-refractivity contribution in [2.75, 3.05) is 41.7 Å². The van der Waals surface area contributed by atoms with Gasteiger partial charge in [-0.05, 0) is 25.7 Å². The molecule has 3 heterocycles. The van der Waals surface area contributed by atoms with Gasteiger partial charge in [0.25, 0.3) is 0 Å². The summed E-state index contributed by atoms with van der Waals surface area (Å²) >= 11 is 0. The van der Waals surface area contributed by atoms with Crippen LogP contribution >= 0.6 is 0 Å². The van der Waals surface area contributed by atoms with Crippen LogP contribution in [0.2, 0.25) is 0 Å². The van der Waals surface area contributed by atoms with Crippen LogP contribution in [0, 0.1) is 0 Å². The first-order chi connectivity index (χ1) is 8.33. The summed E-state index contributed by atoms with van der Waals surface area (Å²) in [5.74, 6) is 2.12. The second-order valence-electron chi connectivity index (χ2n) is 5.01. The first-order valence-corrected chi connectivity index (χ1v) is 6.60. The third-order valence-corrected chi connectivity index (χ3v) is 3.68. The van der Waals surface area contributed by atoms with Crippen molar-refractivity contribution in [1.82, 2.24) is 4.98 Å². The summed E-state index contributed by atoms with van der Waals surface area (Å²) in [6.07, 6.45) is 5.09. The lowest BCUT2D eigenvalue weighted by atomic mass is 10.3. The fourth-order valence-corrected chi connectivity index (χ4v) is 2.74. The maximum absolute atomic E-state index is 6.00. The second-order valence-corrected chi connectivity index (χ2v) is 5.01. The molecule has 2 aliphatic rings. The van der Waals surface area contributed by atoms with Gasteiger partial charge in [-0.2, -0.15) is 0 Å². The zero-order valence-electron chi connectivity index (χ0n) is 10.2. The van der Waals surface area contributed by atoms with Gasteiger partial charge in [-0.3, -0.25) is 0 Å². The average Bonchev–Trinajstić information content (AvgIpc) is 3.02. The fourth-order valence-electron chi connectivity index (χ4n) is 2.74. The molecule has 0 amide bonds. The van der Waals surface area contributed by atoms with E-state index in [1.807, 2.05) is 12.1 Å². The molecular formula is C13H20N4. The van der Waals surface area contributed by atoms with E-state index in [0.29, 0.717) is 0 Å². The number of nitrogens with zero attached hydrogens (tertiary/aromatic N) is 3. The minimum atomic E-state index is 0.837. The molecule has 0 aliphatic carbocycles. The Bertz CT molecular complexity index is 358. The largest absolute Gasteiger partial charge is 0.399 e. The Labute approximate surface area is 102 Å². The number of nitrogen functional groups attached to an aromatic ring is 1. The van der Waals surface area contributed by atoms with Crippen molar-refractivity contribution in [2.24, 2.45) is 0 Å². The molecule has 92 valence electrons. The van der Waals surface area contributed by atoms with E-state index in [1.165, 1.54) is 25.7 Å². The highest BCUT2D eigenvalue weighted by atomic mass is 15.3. The van der Waals surface area contributed by atoms with E-state index in [2.05, 4.69) is 9.80 Å². The molecule has 4 nitrogen and oxygen atoms in total. The van der Waals surface area contributed by atoms with Crippen LogP contribution in [-0.4, -0.2) is 31.2 Å². The van der Waals surface area contributed by atoms with Crippen LogP contribution in [-0.2, 0) is 0 Å². The van der Waals surface area contributed by atoms with Crippen LogP contribution in [0.4, 0.5) is 17.3 Å². The molecule has 0 unspecified atom stereocenters. The standard InChI is InChI=1S/C13H20N4/c14-11-9-12(16-5-1-2-6-16)15-13(10-11)17-7-3-4-8-17/h9-10H,1-8H2,(H2,14,15). The van der Waals surface area contributed by atoms with E-state index in [9.17, 15) is 0 Å². The van der Waals surface area contributed by atoms with Crippen LogP contribution in [0.15, 0.2) is 12.1 Å². The summed E-state index contributed by atoms with van der Waals surface area (Å²) in [6.45, 7) is 4.48. The summed E-state index contributed by atoms with van der Waals surface area (Å²) in [4.78, 5) is 9.46. The van der Waals surface area contributed by atoms with Gasteiger partial charge in [0.1, 0.15) is 11.6 Å². The molecule has 1 aromatic rings. The number of nitrogens with two attached hydrogens (primary N) is 1. The predicted molar refractivity (Wildman–Crippen MR) is 71.5 cm³/mol. The first-order valence-electron chi connectivity index (χ1n) is 6.60. The Balaban J connectivity index is 1.88. The van der Waals surface area contributed by atoms with Crippen molar-refractivity contribution in [2.45, 2.75) is 25.7 Å². The van der Waals surface area contributed by atoms with Crippen LogP contribution in [0.1, 0.15) is 25.7 Å². The van der Waals surface area contributed by atoms with Gasteiger partial charge in [-0.15, -0.1) is 0 Å². The molecule has 2 fully saturated rings. The molecule has 0 spiro atoms. The molecule has 17 heavy (non-hydrogen) atoms. The van der Waals surface area contributed by atoms with E-state index in [0.717, 1.165) is 43.5 Å². The monoisotopic (exact) mass is 232 g/mol. The van der Waals surface area contributed by atoms with Crippen LogP contribution < -0.4 is 15.5 Å². The summed E-state index contributed by atoms with van der Waals surface area (Å²) in [6, 6.07) is 4.01. The zero-order valence-corrected chi connectivity index (χ0v) is 10.2. The molecule has 2 N–H and O–H groups in total. The number of aromatic nitrogens is 1. The maximum atomic E-state index is 6.00. The van der Waals surface area contributed by atoms with Crippen LogP contribution in [0.5, 0.6) is 0 Å². The number of hydrogen-bond donors (Lipinski definition) is 1. The molecule has 0 saturated carbocycles. The SMILES string of the molecule is Nc1cc(N2CCCC2)nc(N2CCCC2)c1. The van der Waals surface area contributed by atoms with E-state index in [1.54, 1.807) is 0 Å². The highest BCUT2D eigenvalue weighted by Crippen LogP contribution is 2.26. The molecule has 0 bridgehead atoms. The average molecular weight is 232 g/mol. The van der Waals surface area contributed by atoms with Gasteiger partial charge in [-0.25, -0.2) is 4.98 Å². The van der Waals surface area contributed by atoms with E-state index >= 15 is 0 Å². The number of hydrogen-bond acceptors (Lipinski definition) is 4. The molecule has 0 atom stereocenters. The summed E-state index contributed by atoms with van der Waals surface area (Å²) in [5.41, 5.74) is 6.84. The molecule has 3 rings (SSSR count). The van der Waals surface area contributed by atoms with Crippen molar-refractivity contribution < 1.29 is 0 Å². The minimum Gasteiger partial charge on any atom is -0.399 e.